The van der Waals surface area contributed by atoms with Crippen LogP contribution in [0.1, 0.15) is 32.5 Å². The van der Waals surface area contributed by atoms with Crippen molar-refractivity contribution in [3.05, 3.63) is 83.9 Å². The minimum Gasteiger partial charge on any atom is -0.453 e. The van der Waals surface area contributed by atoms with Crippen LogP contribution in [-0.4, -0.2) is 76.0 Å². The zero-order valence-electron chi connectivity index (χ0n) is 21.7. The number of nitrogens with two attached hydrogens (primary N) is 1. The maximum Gasteiger partial charge on any atom is 0.481 e. The molecule has 0 amide bonds. The van der Waals surface area contributed by atoms with E-state index in [1.807, 2.05) is 0 Å². The Bertz CT molecular complexity index is 1760. The maximum absolute atomic E-state index is 13.4. The molecule has 0 bridgehead atoms. The minimum absolute atomic E-state index is 0.000799. The lowest BCUT2D eigenvalue weighted by molar-refractivity contribution is -0.0520. The van der Waals surface area contributed by atoms with Gasteiger partial charge in [-0.2, -0.15) is 4.31 Å². The molecule has 0 saturated carbocycles. The molecule has 226 valence electrons. The number of phosphoric acid groups is 2. The Morgan fingerprint density at radius 1 is 0.977 bits per heavy atom. The number of carbonyl (C=O) groups excluding carboxylic acids is 2. The average molecular weight is 635 g/mol. The van der Waals surface area contributed by atoms with E-state index in [1.165, 1.54) is 29.1 Å². The van der Waals surface area contributed by atoms with Crippen molar-refractivity contribution in [2.45, 2.75) is 24.5 Å². The van der Waals surface area contributed by atoms with E-state index in [9.17, 15) is 28.7 Å². The number of aromatic nitrogens is 4. The molecule has 2 aromatic heterocycles. The van der Waals surface area contributed by atoms with Crippen molar-refractivity contribution < 1.29 is 56.8 Å². The van der Waals surface area contributed by atoms with Crippen molar-refractivity contribution in [3.63, 3.8) is 0 Å². The van der Waals surface area contributed by atoms with E-state index in [1.54, 1.807) is 36.4 Å². The lowest BCUT2D eigenvalue weighted by atomic mass is 9.98. The van der Waals surface area contributed by atoms with Gasteiger partial charge in [0.15, 0.2) is 29.6 Å². The van der Waals surface area contributed by atoms with Crippen molar-refractivity contribution in [2.75, 3.05) is 12.3 Å². The number of aliphatic hydroxyl groups excluding tert-OH is 1. The van der Waals surface area contributed by atoms with Crippen molar-refractivity contribution in [1.82, 2.24) is 19.5 Å². The van der Waals surface area contributed by atoms with E-state index in [0.29, 0.717) is 5.56 Å². The summed E-state index contributed by atoms with van der Waals surface area (Å²) in [5, 5.41) is 11.3. The van der Waals surface area contributed by atoms with Crippen LogP contribution in [0, 0.1) is 0 Å². The van der Waals surface area contributed by atoms with Gasteiger partial charge >= 0.3 is 21.6 Å². The van der Waals surface area contributed by atoms with Gasteiger partial charge in [-0.1, -0.05) is 48.5 Å². The number of ketones is 1. The van der Waals surface area contributed by atoms with Crippen LogP contribution in [-0.2, 0) is 27.4 Å². The molecule has 0 spiro atoms. The number of nitrogen functional groups attached to an aromatic ring is 1. The van der Waals surface area contributed by atoms with Crippen molar-refractivity contribution in [3.8, 4) is 0 Å². The molecule has 17 nitrogen and oxygen atoms in total. The second kappa shape index (κ2) is 12.0. The van der Waals surface area contributed by atoms with E-state index >= 15 is 0 Å². The topological polar surface area (TPSA) is 256 Å². The summed E-state index contributed by atoms with van der Waals surface area (Å²) in [7, 11) is -10.8. The van der Waals surface area contributed by atoms with Gasteiger partial charge in [0.25, 0.3) is 0 Å². The highest BCUT2D eigenvalue weighted by atomic mass is 31.3. The molecule has 1 saturated heterocycles. The molecular weight excluding hydrogens is 612 g/mol. The first-order valence-electron chi connectivity index (χ1n) is 12.2. The van der Waals surface area contributed by atoms with Gasteiger partial charge < -0.3 is 35.0 Å². The second-order valence-electron chi connectivity index (χ2n) is 9.09. The fourth-order valence-electron chi connectivity index (χ4n) is 4.40. The minimum atomic E-state index is -5.45. The smallest absolute Gasteiger partial charge is 0.453 e. The van der Waals surface area contributed by atoms with Crippen LogP contribution in [0.4, 0.5) is 5.82 Å². The molecule has 2 aromatic carbocycles. The van der Waals surface area contributed by atoms with Crippen molar-refractivity contribution in [2.24, 2.45) is 0 Å². The lowest BCUT2D eigenvalue weighted by Gasteiger charge is -2.22. The Balaban J connectivity index is 1.45. The number of carbonyl (C=O) groups is 2. The number of hydrogen-bond donors (Lipinski definition) is 5. The van der Waals surface area contributed by atoms with Gasteiger partial charge in [0.2, 0.25) is 0 Å². The zero-order chi connectivity index (χ0) is 30.9. The SMILES string of the molecule is Nc1ncnc2c1ncn2[C@@H]1O[C@H](COP(=O)(O)OP(=O)(O)O)C(OC(=O)c2ccccc2C(=O)c2ccccc2)C1O. The van der Waals surface area contributed by atoms with Gasteiger partial charge in [-0.3, -0.25) is 13.9 Å². The van der Waals surface area contributed by atoms with E-state index in [0.717, 1.165) is 6.33 Å². The number of esters is 1. The van der Waals surface area contributed by atoms with Crippen LogP contribution in [0.2, 0.25) is 0 Å². The van der Waals surface area contributed by atoms with Gasteiger partial charge in [0.05, 0.1) is 18.5 Å². The highest BCUT2D eigenvalue weighted by molar-refractivity contribution is 7.60. The largest absolute Gasteiger partial charge is 0.481 e. The third-order valence-electron chi connectivity index (χ3n) is 6.25. The van der Waals surface area contributed by atoms with Crippen LogP contribution in [0.5, 0.6) is 0 Å². The highest BCUT2D eigenvalue weighted by Crippen LogP contribution is 2.57. The number of benzene rings is 2. The third kappa shape index (κ3) is 6.70. The normalized spacial score (nSPS) is 21.9. The number of anilines is 1. The van der Waals surface area contributed by atoms with Gasteiger partial charge in [-0.25, -0.2) is 28.9 Å². The Labute approximate surface area is 241 Å². The number of fused-ring (bicyclic) bond motifs is 1. The summed E-state index contributed by atoms with van der Waals surface area (Å²) in [5.74, 6) is -1.51. The third-order valence-corrected chi connectivity index (χ3v) is 8.40. The lowest BCUT2D eigenvalue weighted by Crippen LogP contribution is -2.38. The molecular formula is C24H23N5O12P2. The van der Waals surface area contributed by atoms with Crippen LogP contribution in [0.15, 0.2) is 67.3 Å². The molecule has 19 heteroatoms. The number of hydrogen-bond acceptors (Lipinski definition) is 13. The quantitative estimate of drug-likeness (QED) is 0.0936. The molecule has 6 N–H and O–H groups in total. The van der Waals surface area contributed by atoms with E-state index < -0.39 is 58.5 Å². The average Bonchev–Trinajstić information content (AvgIpc) is 3.52. The van der Waals surface area contributed by atoms with Gasteiger partial charge in [0.1, 0.15) is 24.1 Å². The second-order valence-corrected chi connectivity index (χ2v) is 11.9. The van der Waals surface area contributed by atoms with Crippen molar-refractivity contribution in [1.29, 1.82) is 0 Å². The molecule has 1 aliphatic heterocycles. The van der Waals surface area contributed by atoms with Crippen LogP contribution in [0.3, 0.4) is 0 Å². The van der Waals surface area contributed by atoms with Gasteiger partial charge in [-0.05, 0) is 6.07 Å². The first kappa shape index (κ1) is 30.6. The molecule has 1 fully saturated rings. The number of nitrogens with zero attached hydrogens (tertiary/aromatic N) is 4. The Kier molecular flexibility index (Phi) is 8.54. The predicted molar refractivity (Wildman–Crippen MR) is 144 cm³/mol. The van der Waals surface area contributed by atoms with Crippen LogP contribution in [0.25, 0.3) is 11.2 Å². The van der Waals surface area contributed by atoms with Gasteiger partial charge in [0, 0.05) is 11.1 Å². The molecule has 3 unspecified atom stereocenters. The Morgan fingerprint density at radius 3 is 2.35 bits per heavy atom. The first-order valence-corrected chi connectivity index (χ1v) is 15.3. The molecule has 43 heavy (non-hydrogen) atoms. The molecule has 0 aliphatic carbocycles. The summed E-state index contributed by atoms with van der Waals surface area (Å²) in [6, 6.07) is 13.9. The summed E-state index contributed by atoms with van der Waals surface area (Å²) in [6.45, 7) is -0.951. The highest BCUT2D eigenvalue weighted by Gasteiger charge is 2.49. The number of aliphatic hydroxyl groups is 1. The monoisotopic (exact) mass is 635 g/mol. The molecule has 4 aromatic rings. The molecule has 3 heterocycles. The van der Waals surface area contributed by atoms with Crippen LogP contribution < -0.4 is 5.73 Å². The number of rotatable bonds is 10. The maximum atomic E-state index is 13.4. The molecule has 1 aliphatic rings. The van der Waals surface area contributed by atoms with E-state index in [-0.39, 0.29) is 28.1 Å². The van der Waals surface area contributed by atoms with Crippen molar-refractivity contribution >= 4 is 44.4 Å². The summed E-state index contributed by atoms with van der Waals surface area (Å²) >= 11 is 0. The fourth-order valence-corrected chi connectivity index (χ4v) is 6.00. The summed E-state index contributed by atoms with van der Waals surface area (Å²) < 4.78 is 44.3. The van der Waals surface area contributed by atoms with E-state index in [4.69, 9.17) is 29.5 Å². The summed E-state index contributed by atoms with van der Waals surface area (Å²) in [5.41, 5.74) is 6.26. The predicted octanol–water partition coefficient (Wildman–Crippen LogP) is 1.35. The van der Waals surface area contributed by atoms with Gasteiger partial charge in [-0.15, -0.1) is 0 Å². The molecule has 5 rings (SSSR count). The summed E-state index contributed by atoms with van der Waals surface area (Å²) in [4.78, 5) is 66.1. The molecule has 5 atom stereocenters. The number of imidazole rings is 1. The Morgan fingerprint density at radius 2 is 1.65 bits per heavy atom. The standard InChI is InChI=1S/C24H23N5O12P2/c25-21-17-22(27-11-26-21)29(12-28-17)23-19(31)20(16(39-23)10-38-43(36,37)41-42(33,34)35)40-24(32)15-9-5-4-8-14(15)18(30)13-6-2-1-3-7-13/h1-9,11-12,16,19-20,23,31H,10H2,(H,36,37)(H2,25,26,27)(H2,33,34,35)/t16-,19?,20?,23-/m1/s1. The first-order chi connectivity index (χ1) is 20.3. The number of ether oxygens (including phenoxy) is 2. The molecule has 0 radical (unpaired) electrons. The van der Waals surface area contributed by atoms with E-state index in [2.05, 4.69) is 19.3 Å². The fraction of sp³-hybridized carbons (Fsp3) is 0.208. The Hall–Kier alpha value is -3.89. The van der Waals surface area contributed by atoms with Crippen LogP contribution >= 0.6 is 15.6 Å². The zero-order valence-corrected chi connectivity index (χ0v) is 23.5. The number of phosphoric ester groups is 1. The summed E-state index contributed by atoms with van der Waals surface area (Å²) in [6.07, 6.45) is -3.86.